The van der Waals surface area contributed by atoms with Crippen molar-refractivity contribution in [1.29, 1.82) is 0 Å². The number of hydrogen-bond donors (Lipinski definition) is 1. The Balaban J connectivity index is 4.42. The second-order valence-corrected chi connectivity index (χ2v) is 13.6. The third-order valence-corrected chi connectivity index (χ3v) is 8.48. The molecule has 0 aromatic rings. The molecule has 54 heavy (non-hydrogen) atoms. The van der Waals surface area contributed by atoms with Gasteiger partial charge >= 0.3 is 11.9 Å². The Morgan fingerprint density at radius 2 is 0.722 bits per heavy atom. The number of rotatable bonds is 40. The number of esters is 2. The predicted molar refractivity (Wildman–Crippen MR) is 220 cm³/mol. The minimum atomic E-state index is -0.747. The smallest absolute Gasteiger partial charge is 0.305 e. The van der Waals surface area contributed by atoms with E-state index in [1.54, 1.807) is 0 Å². The number of carbonyl (C=O) groups excluding carboxylic acids is 2. The van der Waals surface area contributed by atoms with Gasteiger partial charge in [0.25, 0.3) is 0 Å². The van der Waals surface area contributed by atoms with E-state index in [-0.39, 0.29) is 50.8 Å². The van der Waals surface area contributed by atoms with Gasteiger partial charge in [-0.15, -0.1) is 0 Å². The highest BCUT2D eigenvalue weighted by atomic mass is 16.7. The highest BCUT2D eigenvalue weighted by Crippen LogP contribution is 2.13. The Bertz CT molecular complexity index is 823. The van der Waals surface area contributed by atoms with Gasteiger partial charge in [0.05, 0.1) is 32.2 Å². The molecule has 0 heterocycles. The molecule has 0 fully saturated rings. The van der Waals surface area contributed by atoms with Gasteiger partial charge in [-0.3, -0.25) is 9.59 Å². The van der Waals surface area contributed by atoms with Crippen LogP contribution in [0.2, 0.25) is 0 Å². The molecule has 9 heteroatoms. The van der Waals surface area contributed by atoms with Crippen molar-refractivity contribution < 1.29 is 43.1 Å². The summed E-state index contributed by atoms with van der Waals surface area (Å²) >= 11 is 0. The fourth-order valence-electron chi connectivity index (χ4n) is 5.26. The fraction of sp³-hybridized carbons (Fsp3) is 0.778. The number of allylic oxidation sites excluding steroid dienone is 8. The Morgan fingerprint density at radius 1 is 0.426 bits per heavy atom. The van der Waals surface area contributed by atoms with Gasteiger partial charge in [-0.1, -0.05) is 76.3 Å². The highest BCUT2D eigenvalue weighted by molar-refractivity contribution is 5.69. The first-order chi connectivity index (χ1) is 26.5. The molecule has 0 atom stereocenters. The van der Waals surface area contributed by atoms with Gasteiger partial charge < -0.3 is 33.5 Å². The topological polar surface area (TPSA) is 110 Å². The van der Waals surface area contributed by atoms with Crippen LogP contribution in [0.25, 0.3) is 0 Å². The monoisotopic (exact) mass is 765 g/mol. The average Bonchev–Trinajstić information content (AvgIpc) is 3.16. The summed E-state index contributed by atoms with van der Waals surface area (Å²) in [6.07, 6.45) is 33.9. The van der Waals surface area contributed by atoms with Gasteiger partial charge in [-0.05, 0) is 103 Å². The van der Waals surface area contributed by atoms with Crippen LogP contribution in [0, 0.1) is 0 Å². The van der Waals surface area contributed by atoms with Crippen molar-refractivity contribution in [2.45, 2.75) is 188 Å². The molecule has 314 valence electrons. The van der Waals surface area contributed by atoms with Crippen LogP contribution in [0.15, 0.2) is 48.6 Å². The van der Waals surface area contributed by atoms with E-state index >= 15 is 0 Å². The summed E-state index contributed by atoms with van der Waals surface area (Å²) in [6, 6.07) is 0. The Labute approximate surface area is 330 Å². The highest BCUT2D eigenvalue weighted by Gasteiger charge is 2.16. The Kier molecular flexibility index (Phi) is 40.1. The molecule has 0 aliphatic rings. The average molecular weight is 765 g/mol. The quantitative estimate of drug-likeness (QED) is 0.0282. The van der Waals surface area contributed by atoms with Crippen molar-refractivity contribution in [3.05, 3.63) is 48.6 Å². The first kappa shape index (κ1) is 51.7. The summed E-state index contributed by atoms with van der Waals surface area (Å²) in [7, 11) is 0. The van der Waals surface area contributed by atoms with E-state index in [0.717, 1.165) is 103 Å². The Morgan fingerprint density at radius 3 is 1.00 bits per heavy atom. The minimum absolute atomic E-state index is 0.0943. The summed E-state index contributed by atoms with van der Waals surface area (Å²) in [5, 5.41) is 10.4. The molecule has 1 N–H and O–H groups in total. The molecule has 0 aliphatic heterocycles. The van der Waals surface area contributed by atoms with E-state index in [1.165, 1.54) is 0 Å². The fourth-order valence-corrected chi connectivity index (χ4v) is 5.26. The summed E-state index contributed by atoms with van der Waals surface area (Å²) < 4.78 is 34.7. The zero-order chi connectivity index (χ0) is 39.6. The SMILES string of the molecule is CC/C=C\CCCCOC(CCC(=O)OCCC(O)CCOC(=O)CCC(OCCCC/C=C\CC)OCCCC/C=C\CC)OCCCC/C=C\CC. The zero-order valence-corrected chi connectivity index (χ0v) is 34.9. The van der Waals surface area contributed by atoms with Crippen LogP contribution in [0.5, 0.6) is 0 Å². The summed E-state index contributed by atoms with van der Waals surface area (Å²) in [6.45, 7) is 11.1. The molecule has 0 amide bonds. The van der Waals surface area contributed by atoms with Gasteiger partial charge in [-0.2, -0.15) is 0 Å². The first-order valence-electron chi connectivity index (χ1n) is 21.5. The predicted octanol–water partition coefficient (Wildman–Crippen LogP) is 11.0. The largest absolute Gasteiger partial charge is 0.466 e. The lowest BCUT2D eigenvalue weighted by atomic mass is 10.2. The van der Waals surface area contributed by atoms with Gasteiger partial charge in [0.1, 0.15) is 0 Å². The van der Waals surface area contributed by atoms with E-state index in [1.807, 2.05) is 0 Å². The lowest BCUT2D eigenvalue weighted by Gasteiger charge is -2.19. The van der Waals surface area contributed by atoms with Crippen molar-refractivity contribution >= 4 is 11.9 Å². The lowest BCUT2D eigenvalue weighted by molar-refractivity contribution is -0.160. The van der Waals surface area contributed by atoms with Crippen molar-refractivity contribution in [3.8, 4) is 0 Å². The standard InChI is InChI=1S/C45H80O9/c1-5-9-13-17-21-25-35-51-44(52-36-26-22-18-14-10-6-2)31-29-42(47)49-39-33-41(46)34-40-50-43(48)30-32-45(53-37-27-23-19-15-11-7-3)54-38-28-24-20-16-12-8-4/h9-16,41,44-46H,5-8,17-40H2,1-4H3/b13-9-,14-10-,15-11-,16-12-. The zero-order valence-electron chi connectivity index (χ0n) is 34.9. The van der Waals surface area contributed by atoms with Crippen LogP contribution in [-0.2, 0) is 38.0 Å². The first-order valence-corrected chi connectivity index (χ1v) is 21.5. The maximum Gasteiger partial charge on any atom is 0.305 e. The van der Waals surface area contributed by atoms with Crippen molar-refractivity contribution in [2.24, 2.45) is 0 Å². The van der Waals surface area contributed by atoms with Crippen molar-refractivity contribution in [3.63, 3.8) is 0 Å². The second kappa shape index (κ2) is 41.9. The molecule has 0 bridgehead atoms. The molecular weight excluding hydrogens is 684 g/mol. The number of ether oxygens (including phenoxy) is 6. The molecular formula is C45H80O9. The van der Waals surface area contributed by atoms with Gasteiger partial charge in [0.15, 0.2) is 12.6 Å². The maximum absolute atomic E-state index is 12.5. The van der Waals surface area contributed by atoms with E-state index < -0.39 is 18.7 Å². The van der Waals surface area contributed by atoms with Gasteiger partial charge in [0.2, 0.25) is 0 Å². The maximum atomic E-state index is 12.5. The molecule has 0 spiro atoms. The number of aliphatic hydroxyl groups excluding tert-OH is 1. The number of carbonyl (C=O) groups is 2. The van der Waals surface area contributed by atoms with E-state index in [2.05, 4.69) is 76.3 Å². The van der Waals surface area contributed by atoms with Gasteiger partial charge in [-0.25, -0.2) is 0 Å². The molecule has 0 aliphatic carbocycles. The number of aliphatic hydroxyl groups is 1. The van der Waals surface area contributed by atoms with Crippen LogP contribution >= 0.6 is 0 Å². The molecule has 0 saturated heterocycles. The Hall–Kier alpha value is -2.30. The van der Waals surface area contributed by atoms with E-state index in [0.29, 0.717) is 39.3 Å². The molecule has 0 rings (SSSR count). The van der Waals surface area contributed by atoms with Gasteiger partial charge in [0, 0.05) is 52.1 Å². The van der Waals surface area contributed by atoms with Crippen molar-refractivity contribution in [1.82, 2.24) is 0 Å². The minimum Gasteiger partial charge on any atom is -0.466 e. The van der Waals surface area contributed by atoms with E-state index in [4.69, 9.17) is 28.4 Å². The van der Waals surface area contributed by atoms with Crippen molar-refractivity contribution in [2.75, 3.05) is 39.6 Å². The number of unbranched alkanes of at least 4 members (excludes halogenated alkanes) is 8. The van der Waals surface area contributed by atoms with Crippen LogP contribution in [0.4, 0.5) is 0 Å². The third-order valence-electron chi connectivity index (χ3n) is 8.48. The summed E-state index contributed by atoms with van der Waals surface area (Å²) in [5.41, 5.74) is 0. The van der Waals surface area contributed by atoms with Crippen LogP contribution < -0.4 is 0 Å². The normalized spacial score (nSPS) is 12.3. The van der Waals surface area contributed by atoms with Crippen LogP contribution in [0.1, 0.15) is 169 Å². The molecule has 9 nitrogen and oxygen atoms in total. The van der Waals surface area contributed by atoms with Crippen LogP contribution in [-0.4, -0.2) is 75.4 Å². The molecule has 0 saturated carbocycles. The second-order valence-electron chi connectivity index (χ2n) is 13.6. The lowest BCUT2D eigenvalue weighted by Crippen LogP contribution is -2.22. The van der Waals surface area contributed by atoms with E-state index in [9.17, 15) is 14.7 Å². The molecule has 0 aromatic heterocycles. The molecule has 0 radical (unpaired) electrons. The summed E-state index contributed by atoms with van der Waals surface area (Å²) in [5.74, 6) is -0.693. The molecule has 0 aromatic carbocycles. The number of hydrogen-bond acceptors (Lipinski definition) is 9. The third kappa shape index (κ3) is 38.0. The van der Waals surface area contributed by atoms with Crippen LogP contribution in [0.3, 0.4) is 0 Å². The summed E-state index contributed by atoms with van der Waals surface area (Å²) in [4.78, 5) is 24.9. The molecule has 0 unspecified atom stereocenters.